The summed E-state index contributed by atoms with van der Waals surface area (Å²) in [5.74, 6) is 0. The van der Waals surface area contributed by atoms with E-state index >= 15 is 0 Å². The van der Waals surface area contributed by atoms with Gasteiger partial charge in [0.05, 0.1) is 11.6 Å². The summed E-state index contributed by atoms with van der Waals surface area (Å²) in [5, 5.41) is 0. The lowest BCUT2D eigenvalue weighted by atomic mass is 9.89. The van der Waals surface area contributed by atoms with Crippen LogP contribution in [0.15, 0.2) is 24.3 Å². The average Bonchev–Trinajstić information content (AvgIpc) is 2.44. The van der Waals surface area contributed by atoms with Crippen molar-refractivity contribution in [3.63, 3.8) is 0 Å². The molecule has 0 saturated heterocycles. The second-order valence-electron chi connectivity index (χ2n) is 5.38. The number of ether oxygens (including phenoxy) is 1. The molecule has 0 amide bonds. The van der Waals surface area contributed by atoms with Crippen molar-refractivity contribution in [3.05, 3.63) is 35.4 Å². The zero-order valence-electron chi connectivity index (χ0n) is 11.6. The van der Waals surface area contributed by atoms with Crippen LogP contribution < -0.4 is 5.73 Å². The van der Waals surface area contributed by atoms with Gasteiger partial charge in [-0.3, -0.25) is 4.90 Å². The first kappa shape index (κ1) is 13.5. The monoisotopic (exact) mass is 248 g/mol. The molecule has 0 aliphatic carbocycles. The Hall–Kier alpha value is -0.900. The van der Waals surface area contributed by atoms with Crippen LogP contribution in [0.3, 0.4) is 0 Å². The van der Waals surface area contributed by atoms with Gasteiger partial charge in [-0.15, -0.1) is 0 Å². The number of rotatable bonds is 4. The van der Waals surface area contributed by atoms with E-state index in [2.05, 4.69) is 43.0 Å². The lowest BCUT2D eigenvalue weighted by molar-refractivity contribution is -0.0376. The van der Waals surface area contributed by atoms with Crippen LogP contribution in [-0.4, -0.2) is 36.7 Å². The van der Waals surface area contributed by atoms with E-state index in [-0.39, 0.29) is 11.6 Å². The highest BCUT2D eigenvalue weighted by Gasteiger charge is 2.37. The zero-order chi connectivity index (χ0) is 13.2. The average molecular weight is 248 g/mol. The van der Waals surface area contributed by atoms with Gasteiger partial charge >= 0.3 is 0 Å². The Balaban J connectivity index is 2.21. The van der Waals surface area contributed by atoms with E-state index in [0.717, 1.165) is 19.5 Å². The Morgan fingerprint density at radius 3 is 2.67 bits per heavy atom. The number of hydrogen-bond donors (Lipinski definition) is 1. The molecule has 0 aromatic heterocycles. The summed E-state index contributed by atoms with van der Waals surface area (Å²) in [7, 11) is 1.76. The Bertz CT molecular complexity index is 407. The molecule has 1 aliphatic heterocycles. The molecule has 1 aliphatic rings. The van der Waals surface area contributed by atoms with E-state index in [4.69, 9.17) is 10.5 Å². The molecule has 3 nitrogen and oxygen atoms in total. The van der Waals surface area contributed by atoms with Crippen LogP contribution in [0, 0.1) is 0 Å². The third-order valence-electron chi connectivity index (χ3n) is 4.50. The fraction of sp³-hybridized carbons (Fsp3) is 0.600. The topological polar surface area (TPSA) is 38.5 Å². The maximum Gasteiger partial charge on any atom is 0.0736 e. The summed E-state index contributed by atoms with van der Waals surface area (Å²) < 4.78 is 5.53. The van der Waals surface area contributed by atoms with Gasteiger partial charge in [-0.05, 0) is 31.4 Å². The van der Waals surface area contributed by atoms with E-state index < -0.39 is 0 Å². The van der Waals surface area contributed by atoms with Gasteiger partial charge in [-0.2, -0.15) is 0 Å². The Morgan fingerprint density at radius 1 is 1.39 bits per heavy atom. The van der Waals surface area contributed by atoms with Crippen molar-refractivity contribution in [2.45, 2.75) is 38.5 Å². The molecule has 3 heteroatoms. The van der Waals surface area contributed by atoms with Crippen LogP contribution in [0.5, 0.6) is 0 Å². The highest BCUT2D eigenvalue weighted by Crippen LogP contribution is 2.28. The summed E-state index contributed by atoms with van der Waals surface area (Å²) >= 11 is 0. The molecule has 0 bridgehead atoms. The Kier molecular flexibility index (Phi) is 4.05. The van der Waals surface area contributed by atoms with Gasteiger partial charge in [-0.25, -0.2) is 0 Å². The number of benzene rings is 1. The van der Waals surface area contributed by atoms with E-state index in [1.807, 2.05) is 0 Å². The fourth-order valence-corrected chi connectivity index (χ4v) is 2.74. The van der Waals surface area contributed by atoms with Crippen molar-refractivity contribution in [1.82, 2.24) is 4.90 Å². The van der Waals surface area contributed by atoms with E-state index in [1.165, 1.54) is 11.1 Å². The number of nitrogens with zero attached hydrogens (tertiary/aromatic N) is 1. The largest absolute Gasteiger partial charge is 0.380 e. The quantitative estimate of drug-likeness (QED) is 0.883. The minimum atomic E-state index is -0.0950. The van der Waals surface area contributed by atoms with E-state index in [0.29, 0.717) is 6.54 Å². The lowest BCUT2D eigenvalue weighted by Crippen LogP contribution is -2.59. The summed E-state index contributed by atoms with van der Waals surface area (Å²) in [6.45, 7) is 6.95. The van der Waals surface area contributed by atoms with Gasteiger partial charge in [0.15, 0.2) is 0 Å². The molecular formula is C15H24N2O. The molecule has 2 atom stereocenters. The first-order valence-electron chi connectivity index (χ1n) is 6.66. The molecular weight excluding hydrogens is 224 g/mol. The van der Waals surface area contributed by atoms with Crippen LogP contribution in [0.1, 0.15) is 25.0 Å². The molecule has 100 valence electrons. The minimum absolute atomic E-state index is 0.0950. The van der Waals surface area contributed by atoms with Gasteiger partial charge < -0.3 is 10.5 Å². The number of nitrogens with two attached hydrogens (primary N) is 1. The highest BCUT2D eigenvalue weighted by molar-refractivity contribution is 5.29. The minimum Gasteiger partial charge on any atom is -0.380 e. The summed E-state index contributed by atoms with van der Waals surface area (Å²) in [5.41, 5.74) is 8.81. The normalized spacial score (nSPS) is 21.1. The van der Waals surface area contributed by atoms with Gasteiger partial charge in [0, 0.05) is 26.7 Å². The van der Waals surface area contributed by atoms with Crippen LogP contribution in [0.2, 0.25) is 0 Å². The molecule has 2 rings (SSSR count). The molecule has 0 spiro atoms. The maximum absolute atomic E-state index is 6.01. The van der Waals surface area contributed by atoms with E-state index in [9.17, 15) is 0 Å². The predicted octanol–water partition coefficient (Wildman–Crippen LogP) is 1.80. The van der Waals surface area contributed by atoms with Crippen LogP contribution in [-0.2, 0) is 17.7 Å². The molecule has 1 aromatic rings. The number of fused-ring (bicyclic) bond motifs is 1. The van der Waals surface area contributed by atoms with Crippen LogP contribution >= 0.6 is 0 Å². The van der Waals surface area contributed by atoms with Crippen molar-refractivity contribution < 1.29 is 4.74 Å². The Labute approximate surface area is 110 Å². The van der Waals surface area contributed by atoms with Crippen LogP contribution in [0.4, 0.5) is 0 Å². The second kappa shape index (κ2) is 5.39. The summed E-state index contributed by atoms with van der Waals surface area (Å²) in [6, 6.07) is 8.68. The predicted molar refractivity (Wildman–Crippen MR) is 74.5 cm³/mol. The third-order valence-corrected chi connectivity index (χ3v) is 4.50. The molecule has 2 N–H and O–H groups in total. The SMILES string of the molecule is COC(C)C(C)(CN)N1CCc2ccccc2C1. The van der Waals surface area contributed by atoms with Crippen LogP contribution in [0.25, 0.3) is 0 Å². The maximum atomic E-state index is 6.01. The van der Waals surface area contributed by atoms with Crippen molar-refractivity contribution in [2.75, 3.05) is 20.2 Å². The lowest BCUT2D eigenvalue weighted by Gasteiger charge is -2.46. The molecule has 0 saturated carbocycles. The van der Waals surface area contributed by atoms with Crippen molar-refractivity contribution in [2.24, 2.45) is 5.73 Å². The van der Waals surface area contributed by atoms with E-state index in [1.54, 1.807) is 7.11 Å². The zero-order valence-corrected chi connectivity index (χ0v) is 11.6. The molecule has 0 radical (unpaired) electrons. The molecule has 0 fully saturated rings. The second-order valence-corrected chi connectivity index (χ2v) is 5.38. The smallest absolute Gasteiger partial charge is 0.0736 e. The van der Waals surface area contributed by atoms with Gasteiger partial charge in [0.25, 0.3) is 0 Å². The molecule has 18 heavy (non-hydrogen) atoms. The Morgan fingerprint density at radius 2 is 2.06 bits per heavy atom. The molecule has 1 aromatic carbocycles. The van der Waals surface area contributed by atoms with Crippen molar-refractivity contribution >= 4 is 0 Å². The van der Waals surface area contributed by atoms with Crippen molar-refractivity contribution in [1.29, 1.82) is 0 Å². The number of methoxy groups -OCH3 is 1. The first-order chi connectivity index (χ1) is 8.61. The number of hydrogen-bond acceptors (Lipinski definition) is 3. The fourth-order valence-electron chi connectivity index (χ4n) is 2.74. The first-order valence-corrected chi connectivity index (χ1v) is 6.66. The van der Waals surface area contributed by atoms with Gasteiger partial charge in [0.2, 0.25) is 0 Å². The molecule has 2 unspecified atom stereocenters. The van der Waals surface area contributed by atoms with Gasteiger partial charge in [-0.1, -0.05) is 24.3 Å². The third kappa shape index (κ3) is 2.30. The standard InChI is InChI=1S/C15H24N2O/c1-12(18-3)15(2,11-16)17-9-8-13-6-4-5-7-14(13)10-17/h4-7,12H,8-11,16H2,1-3H3. The molecule has 1 heterocycles. The highest BCUT2D eigenvalue weighted by atomic mass is 16.5. The van der Waals surface area contributed by atoms with Crippen molar-refractivity contribution in [3.8, 4) is 0 Å². The van der Waals surface area contributed by atoms with Gasteiger partial charge in [0.1, 0.15) is 0 Å². The summed E-state index contributed by atoms with van der Waals surface area (Å²) in [4.78, 5) is 2.46. The summed E-state index contributed by atoms with van der Waals surface area (Å²) in [6.07, 6.45) is 1.23.